The Morgan fingerprint density at radius 1 is 1.47 bits per heavy atom. The largest absolute Gasteiger partial charge is 0.394 e. The van der Waals surface area contributed by atoms with Crippen molar-refractivity contribution in [3.8, 4) is 0 Å². The van der Waals surface area contributed by atoms with Crippen molar-refractivity contribution in [3.05, 3.63) is 36.8 Å². The molecule has 7 nitrogen and oxygen atoms in total. The summed E-state index contributed by atoms with van der Waals surface area (Å²) in [6.07, 6.45) is -1.47. The standard InChI is InChI=1S/C12H16N2O5/c1-3-7-4-14(6(2)13-11(7)18)12-10(17)9(16)8(5-15)19-12/h3-4,8-10,12,15-17H,1-2,5H2,(H,13,18)/t8-,9+,10?,12-/m1/s1. The van der Waals surface area contributed by atoms with Crippen molar-refractivity contribution in [1.82, 2.24) is 10.2 Å². The van der Waals surface area contributed by atoms with Gasteiger partial charge in [0.15, 0.2) is 6.23 Å². The average molecular weight is 268 g/mol. The molecule has 4 atom stereocenters. The van der Waals surface area contributed by atoms with Gasteiger partial charge in [0.1, 0.15) is 24.1 Å². The van der Waals surface area contributed by atoms with E-state index >= 15 is 0 Å². The predicted molar refractivity (Wildman–Crippen MR) is 65.2 cm³/mol. The Hall–Kier alpha value is -1.67. The zero-order chi connectivity index (χ0) is 14.2. The van der Waals surface area contributed by atoms with Crippen molar-refractivity contribution >= 4 is 5.91 Å². The number of carbonyl (C=O) groups excluding carboxylic acids is 1. The summed E-state index contributed by atoms with van der Waals surface area (Å²) in [6, 6.07) is 0. The zero-order valence-electron chi connectivity index (χ0n) is 10.2. The number of hydrogen-bond acceptors (Lipinski definition) is 6. The Morgan fingerprint density at radius 2 is 2.16 bits per heavy atom. The third-order valence-electron chi connectivity index (χ3n) is 3.12. The van der Waals surface area contributed by atoms with Crippen LogP contribution in [0.15, 0.2) is 36.8 Å². The molecule has 7 heteroatoms. The Labute approximate surface area is 110 Å². The van der Waals surface area contributed by atoms with E-state index in [0.717, 1.165) is 0 Å². The normalized spacial score (nSPS) is 35.1. The summed E-state index contributed by atoms with van der Waals surface area (Å²) in [4.78, 5) is 12.9. The molecule has 2 aliphatic rings. The van der Waals surface area contributed by atoms with E-state index in [1.807, 2.05) is 0 Å². The highest BCUT2D eigenvalue weighted by Gasteiger charge is 2.46. The molecule has 104 valence electrons. The first-order chi connectivity index (χ1) is 8.99. The molecule has 1 saturated heterocycles. The molecule has 0 saturated carbocycles. The summed E-state index contributed by atoms with van der Waals surface area (Å²) in [5.41, 5.74) is 0.283. The van der Waals surface area contributed by atoms with Gasteiger partial charge in [-0.25, -0.2) is 0 Å². The van der Waals surface area contributed by atoms with Crippen molar-refractivity contribution in [2.75, 3.05) is 6.61 Å². The van der Waals surface area contributed by atoms with Crippen molar-refractivity contribution < 1.29 is 24.9 Å². The SMILES string of the molecule is C=CC1=CN([C@@H]2O[C@H](CO)[C@H](O)C2O)C(=C)NC1=O. The van der Waals surface area contributed by atoms with E-state index in [-0.39, 0.29) is 17.3 Å². The van der Waals surface area contributed by atoms with Crippen molar-refractivity contribution in [1.29, 1.82) is 0 Å². The number of aliphatic hydroxyl groups excluding tert-OH is 3. The fourth-order valence-electron chi connectivity index (χ4n) is 2.04. The number of amides is 1. The fourth-order valence-corrected chi connectivity index (χ4v) is 2.04. The summed E-state index contributed by atoms with van der Waals surface area (Å²) >= 11 is 0. The minimum atomic E-state index is -1.23. The third-order valence-corrected chi connectivity index (χ3v) is 3.12. The molecule has 0 bridgehead atoms. The van der Waals surface area contributed by atoms with Crippen LogP contribution in [0.1, 0.15) is 0 Å². The molecule has 4 N–H and O–H groups in total. The molecule has 2 rings (SSSR count). The summed E-state index contributed by atoms with van der Waals surface area (Å²) < 4.78 is 5.36. The molecular weight excluding hydrogens is 252 g/mol. The monoisotopic (exact) mass is 268 g/mol. The van der Waals surface area contributed by atoms with E-state index in [4.69, 9.17) is 9.84 Å². The first-order valence-corrected chi connectivity index (χ1v) is 5.75. The first kappa shape index (κ1) is 13.8. The molecule has 0 aromatic heterocycles. The first-order valence-electron chi connectivity index (χ1n) is 5.75. The molecule has 2 aliphatic heterocycles. The molecule has 19 heavy (non-hydrogen) atoms. The van der Waals surface area contributed by atoms with Crippen LogP contribution in [0.4, 0.5) is 0 Å². The fraction of sp³-hybridized carbons (Fsp3) is 0.417. The molecule has 0 aromatic rings. The van der Waals surface area contributed by atoms with Gasteiger partial charge in [-0.05, 0) is 0 Å². The number of carbonyl (C=O) groups is 1. The van der Waals surface area contributed by atoms with Gasteiger partial charge in [0.05, 0.1) is 12.2 Å². The highest BCUT2D eigenvalue weighted by atomic mass is 16.6. The van der Waals surface area contributed by atoms with Gasteiger partial charge in [-0.2, -0.15) is 0 Å². The molecule has 0 spiro atoms. The van der Waals surface area contributed by atoms with Crippen LogP contribution in [-0.4, -0.2) is 57.3 Å². The van der Waals surface area contributed by atoms with Gasteiger partial charge in [0.2, 0.25) is 0 Å². The maximum absolute atomic E-state index is 11.5. The molecule has 1 fully saturated rings. The van der Waals surface area contributed by atoms with Gasteiger partial charge in [-0.1, -0.05) is 19.2 Å². The van der Waals surface area contributed by atoms with Crippen LogP contribution in [0.25, 0.3) is 0 Å². The molecule has 1 unspecified atom stereocenters. The maximum atomic E-state index is 11.5. The van der Waals surface area contributed by atoms with Gasteiger partial charge in [-0.15, -0.1) is 0 Å². The number of rotatable bonds is 3. The van der Waals surface area contributed by atoms with Gasteiger partial charge in [0, 0.05) is 6.20 Å². The van der Waals surface area contributed by atoms with Crippen LogP contribution in [0.3, 0.4) is 0 Å². The van der Waals surface area contributed by atoms with E-state index in [0.29, 0.717) is 0 Å². The average Bonchev–Trinajstić information content (AvgIpc) is 2.67. The molecule has 0 aromatic carbocycles. The third kappa shape index (κ3) is 2.28. The van der Waals surface area contributed by atoms with Crippen molar-refractivity contribution in [2.45, 2.75) is 24.5 Å². The summed E-state index contributed by atoms with van der Waals surface area (Å²) in [5.74, 6) is -0.145. The topological polar surface area (TPSA) is 102 Å². The molecular formula is C12H16N2O5. The van der Waals surface area contributed by atoms with Crippen LogP contribution in [0, 0.1) is 0 Å². The van der Waals surface area contributed by atoms with E-state index in [9.17, 15) is 15.0 Å². The van der Waals surface area contributed by atoms with E-state index in [2.05, 4.69) is 18.5 Å². The van der Waals surface area contributed by atoms with Gasteiger partial charge >= 0.3 is 0 Å². The summed E-state index contributed by atoms with van der Waals surface area (Å²) in [7, 11) is 0. The Bertz CT molecular complexity index is 447. The number of hydrogen-bond donors (Lipinski definition) is 4. The minimum absolute atomic E-state index is 0.213. The lowest BCUT2D eigenvalue weighted by Crippen LogP contribution is -2.47. The quantitative estimate of drug-likeness (QED) is 0.491. The number of aliphatic hydroxyl groups is 3. The maximum Gasteiger partial charge on any atom is 0.258 e. The molecule has 1 amide bonds. The van der Waals surface area contributed by atoms with Crippen molar-refractivity contribution in [2.24, 2.45) is 0 Å². The second kappa shape index (κ2) is 5.14. The molecule has 0 radical (unpaired) electrons. The highest BCUT2D eigenvalue weighted by molar-refractivity contribution is 5.97. The van der Waals surface area contributed by atoms with Crippen LogP contribution in [-0.2, 0) is 9.53 Å². The second-order valence-corrected chi connectivity index (χ2v) is 4.33. The van der Waals surface area contributed by atoms with Crippen LogP contribution < -0.4 is 5.32 Å². The lowest BCUT2D eigenvalue weighted by atomic mass is 10.1. The van der Waals surface area contributed by atoms with E-state index in [1.54, 1.807) is 0 Å². The van der Waals surface area contributed by atoms with Crippen LogP contribution >= 0.6 is 0 Å². The van der Waals surface area contributed by atoms with Gasteiger partial charge < -0.3 is 30.3 Å². The Kier molecular flexibility index (Phi) is 3.72. The van der Waals surface area contributed by atoms with Gasteiger partial charge in [-0.3, -0.25) is 4.79 Å². The van der Waals surface area contributed by atoms with E-state index in [1.165, 1.54) is 17.2 Å². The lowest BCUT2D eigenvalue weighted by molar-refractivity contribution is -0.119. The summed E-state index contributed by atoms with van der Waals surface area (Å²) in [6.45, 7) is 6.74. The zero-order valence-corrected chi connectivity index (χ0v) is 10.2. The van der Waals surface area contributed by atoms with Crippen LogP contribution in [0.2, 0.25) is 0 Å². The van der Waals surface area contributed by atoms with Gasteiger partial charge in [0.25, 0.3) is 5.91 Å². The van der Waals surface area contributed by atoms with Crippen LogP contribution in [0.5, 0.6) is 0 Å². The number of nitrogens with zero attached hydrogens (tertiary/aromatic N) is 1. The highest BCUT2D eigenvalue weighted by Crippen LogP contribution is 2.28. The van der Waals surface area contributed by atoms with E-state index < -0.39 is 31.1 Å². The van der Waals surface area contributed by atoms with Crippen molar-refractivity contribution in [3.63, 3.8) is 0 Å². The Morgan fingerprint density at radius 3 is 2.68 bits per heavy atom. The lowest BCUT2D eigenvalue weighted by Gasteiger charge is -2.33. The minimum Gasteiger partial charge on any atom is -0.394 e. The predicted octanol–water partition coefficient (Wildman–Crippen LogP) is -1.60. The molecule has 2 heterocycles. The summed E-state index contributed by atoms with van der Waals surface area (Å²) in [5, 5.41) is 31.1. The molecule has 0 aliphatic carbocycles. The number of nitrogens with one attached hydrogen (secondary N) is 1. The number of ether oxygens (including phenoxy) is 1. The smallest absolute Gasteiger partial charge is 0.258 e. The Balaban J connectivity index is 2.26. The second-order valence-electron chi connectivity index (χ2n) is 4.33.